The minimum atomic E-state index is 0.00450. The van der Waals surface area contributed by atoms with Crippen LogP contribution in [0.25, 0.3) is 6.08 Å². The van der Waals surface area contributed by atoms with Gasteiger partial charge in [0.15, 0.2) is 5.78 Å². The lowest BCUT2D eigenvalue weighted by atomic mass is 10.2. The molecule has 0 heterocycles. The zero-order valence-electron chi connectivity index (χ0n) is 10.5. The van der Waals surface area contributed by atoms with Crippen molar-refractivity contribution in [3.05, 3.63) is 60.2 Å². The van der Waals surface area contributed by atoms with Gasteiger partial charge in [-0.3, -0.25) is 4.79 Å². The zero-order chi connectivity index (χ0) is 13.7. The highest BCUT2D eigenvalue weighted by atomic mass is 16.5. The van der Waals surface area contributed by atoms with E-state index in [1.807, 2.05) is 24.3 Å². The van der Waals surface area contributed by atoms with Crippen LogP contribution >= 0.6 is 0 Å². The molecule has 0 radical (unpaired) electrons. The standard InChI is InChI=1S/C16H14O3/c1-12(17)5-6-13-3-2-4-16(11-13)19-15-9-7-14(18)8-10-15/h2-11,18H,1H3/b6-5+. The van der Waals surface area contributed by atoms with Crippen LogP contribution in [0, 0.1) is 0 Å². The number of carbonyl (C=O) groups is 1. The molecule has 19 heavy (non-hydrogen) atoms. The summed E-state index contributed by atoms with van der Waals surface area (Å²) in [5, 5.41) is 9.19. The maximum Gasteiger partial charge on any atom is 0.152 e. The Morgan fingerprint density at radius 3 is 2.53 bits per heavy atom. The van der Waals surface area contributed by atoms with E-state index >= 15 is 0 Å². The maximum atomic E-state index is 10.9. The molecule has 3 heteroatoms. The van der Waals surface area contributed by atoms with Crippen LogP contribution in [0.4, 0.5) is 0 Å². The zero-order valence-corrected chi connectivity index (χ0v) is 10.5. The summed E-state index contributed by atoms with van der Waals surface area (Å²) in [6.45, 7) is 1.51. The molecule has 0 spiro atoms. The van der Waals surface area contributed by atoms with Crippen molar-refractivity contribution in [3.8, 4) is 17.2 Å². The van der Waals surface area contributed by atoms with Gasteiger partial charge in [-0.05, 0) is 55.0 Å². The molecule has 0 aliphatic heterocycles. The van der Waals surface area contributed by atoms with Gasteiger partial charge in [-0.25, -0.2) is 0 Å². The van der Waals surface area contributed by atoms with Crippen molar-refractivity contribution >= 4 is 11.9 Å². The molecular formula is C16H14O3. The molecule has 0 fully saturated rings. The molecule has 96 valence electrons. The smallest absolute Gasteiger partial charge is 0.152 e. The van der Waals surface area contributed by atoms with Crippen molar-refractivity contribution in [3.63, 3.8) is 0 Å². The van der Waals surface area contributed by atoms with Crippen molar-refractivity contribution in [1.29, 1.82) is 0 Å². The number of allylic oxidation sites excluding steroid dienone is 1. The second-order valence-electron chi connectivity index (χ2n) is 4.11. The first kappa shape index (κ1) is 12.9. The molecule has 2 aromatic carbocycles. The summed E-state index contributed by atoms with van der Waals surface area (Å²) in [6, 6.07) is 13.9. The Morgan fingerprint density at radius 2 is 1.84 bits per heavy atom. The summed E-state index contributed by atoms with van der Waals surface area (Å²) in [7, 11) is 0. The number of rotatable bonds is 4. The van der Waals surface area contributed by atoms with Crippen LogP contribution in [0.2, 0.25) is 0 Å². The van der Waals surface area contributed by atoms with Gasteiger partial charge in [-0.2, -0.15) is 0 Å². The second kappa shape index (κ2) is 5.87. The number of phenols is 1. The Bertz CT molecular complexity index is 598. The Morgan fingerprint density at radius 1 is 1.11 bits per heavy atom. The van der Waals surface area contributed by atoms with E-state index in [1.165, 1.54) is 13.0 Å². The van der Waals surface area contributed by atoms with Crippen molar-refractivity contribution in [2.24, 2.45) is 0 Å². The fourth-order valence-electron chi connectivity index (χ4n) is 1.55. The molecule has 0 aliphatic carbocycles. The lowest BCUT2D eigenvalue weighted by Crippen LogP contribution is -1.85. The largest absolute Gasteiger partial charge is 0.508 e. The molecule has 0 saturated carbocycles. The highest BCUT2D eigenvalue weighted by Crippen LogP contribution is 2.24. The van der Waals surface area contributed by atoms with Gasteiger partial charge in [-0.1, -0.05) is 18.2 Å². The van der Waals surface area contributed by atoms with Gasteiger partial charge in [0.2, 0.25) is 0 Å². The van der Waals surface area contributed by atoms with E-state index in [1.54, 1.807) is 30.3 Å². The summed E-state index contributed by atoms with van der Waals surface area (Å²) in [5.74, 6) is 1.53. The molecule has 0 atom stereocenters. The average molecular weight is 254 g/mol. The number of hydrogen-bond donors (Lipinski definition) is 1. The van der Waals surface area contributed by atoms with Crippen molar-refractivity contribution < 1.29 is 14.6 Å². The molecule has 0 saturated heterocycles. The Hall–Kier alpha value is -2.55. The fraction of sp³-hybridized carbons (Fsp3) is 0.0625. The van der Waals surface area contributed by atoms with Gasteiger partial charge in [-0.15, -0.1) is 0 Å². The van der Waals surface area contributed by atoms with Gasteiger partial charge < -0.3 is 9.84 Å². The molecule has 0 unspecified atom stereocenters. The van der Waals surface area contributed by atoms with E-state index in [2.05, 4.69) is 0 Å². The number of ketones is 1. The Kier molecular flexibility index (Phi) is 3.98. The highest BCUT2D eigenvalue weighted by molar-refractivity contribution is 5.91. The first-order valence-electron chi connectivity index (χ1n) is 5.89. The average Bonchev–Trinajstić information content (AvgIpc) is 2.40. The first-order valence-corrected chi connectivity index (χ1v) is 5.89. The maximum absolute atomic E-state index is 10.9. The van der Waals surface area contributed by atoms with Gasteiger partial charge >= 0.3 is 0 Å². The van der Waals surface area contributed by atoms with Gasteiger partial charge in [0, 0.05) is 0 Å². The fourth-order valence-corrected chi connectivity index (χ4v) is 1.55. The van der Waals surface area contributed by atoms with E-state index in [9.17, 15) is 9.90 Å². The van der Waals surface area contributed by atoms with Gasteiger partial charge in [0.1, 0.15) is 17.2 Å². The third-order valence-corrected chi connectivity index (χ3v) is 2.44. The molecule has 3 nitrogen and oxygen atoms in total. The predicted molar refractivity (Wildman–Crippen MR) is 74.3 cm³/mol. The monoisotopic (exact) mass is 254 g/mol. The minimum Gasteiger partial charge on any atom is -0.508 e. The number of hydrogen-bond acceptors (Lipinski definition) is 3. The quantitative estimate of drug-likeness (QED) is 0.844. The summed E-state index contributed by atoms with van der Waals surface area (Å²) < 4.78 is 5.65. The summed E-state index contributed by atoms with van der Waals surface area (Å²) in [6.07, 6.45) is 3.26. The third kappa shape index (κ3) is 4.00. The van der Waals surface area contributed by atoms with Crippen LogP contribution in [0.3, 0.4) is 0 Å². The van der Waals surface area contributed by atoms with Crippen LogP contribution in [0.5, 0.6) is 17.2 Å². The van der Waals surface area contributed by atoms with E-state index < -0.39 is 0 Å². The lowest BCUT2D eigenvalue weighted by Gasteiger charge is -2.06. The first-order chi connectivity index (χ1) is 9.13. The topological polar surface area (TPSA) is 46.5 Å². The van der Waals surface area contributed by atoms with Crippen LogP contribution in [-0.4, -0.2) is 10.9 Å². The molecule has 0 aliphatic rings. The molecule has 0 bridgehead atoms. The number of carbonyl (C=O) groups excluding carboxylic acids is 1. The highest BCUT2D eigenvalue weighted by Gasteiger charge is 1.98. The van der Waals surface area contributed by atoms with E-state index in [4.69, 9.17) is 4.74 Å². The molecule has 1 N–H and O–H groups in total. The molecule has 0 aromatic heterocycles. The molecule has 2 rings (SSSR count). The summed E-state index contributed by atoms with van der Waals surface area (Å²) in [4.78, 5) is 10.9. The Labute approximate surface area is 111 Å². The summed E-state index contributed by atoms with van der Waals surface area (Å²) >= 11 is 0. The molecule has 0 amide bonds. The van der Waals surface area contributed by atoms with Crippen molar-refractivity contribution in [2.75, 3.05) is 0 Å². The number of benzene rings is 2. The van der Waals surface area contributed by atoms with Crippen molar-refractivity contribution in [2.45, 2.75) is 6.92 Å². The SMILES string of the molecule is CC(=O)/C=C/c1cccc(Oc2ccc(O)cc2)c1. The van der Waals surface area contributed by atoms with Gasteiger partial charge in [0.05, 0.1) is 0 Å². The minimum absolute atomic E-state index is 0.00450. The van der Waals surface area contributed by atoms with E-state index in [0.717, 1.165) is 5.56 Å². The van der Waals surface area contributed by atoms with E-state index in [0.29, 0.717) is 11.5 Å². The number of ether oxygens (including phenoxy) is 1. The molecule has 2 aromatic rings. The van der Waals surface area contributed by atoms with Crippen LogP contribution in [0.1, 0.15) is 12.5 Å². The normalized spacial score (nSPS) is 10.6. The lowest BCUT2D eigenvalue weighted by molar-refractivity contribution is -0.112. The third-order valence-electron chi connectivity index (χ3n) is 2.44. The predicted octanol–water partition coefficient (Wildman–Crippen LogP) is 3.79. The van der Waals surface area contributed by atoms with E-state index in [-0.39, 0.29) is 11.5 Å². The second-order valence-corrected chi connectivity index (χ2v) is 4.11. The van der Waals surface area contributed by atoms with Gasteiger partial charge in [0.25, 0.3) is 0 Å². The number of aromatic hydroxyl groups is 1. The van der Waals surface area contributed by atoms with Crippen LogP contribution < -0.4 is 4.74 Å². The van der Waals surface area contributed by atoms with Crippen molar-refractivity contribution in [1.82, 2.24) is 0 Å². The number of phenolic OH excluding ortho intramolecular Hbond substituents is 1. The van der Waals surface area contributed by atoms with Crippen LogP contribution in [-0.2, 0) is 4.79 Å². The van der Waals surface area contributed by atoms with Crippen LogP contribution in [0.15, 0.2) is 54.6 Å². The Balaban J connectivity index is 2.15. The summed E-state index contributed by atoms with van der Waals surface area (Å²) in [5.41, 5.74) is 0.895. The molecular weight excluding hydrogens is 240 g/mol.